The minimum absolute atomic E-state index is 0.0533. The first kappa shape index (κ1) is 13.3. The van der Waals surface area contributed by atoms with Crippen LogP contribution in [0.3, 0.4) is 0 Å². The average Bonchev–Trinajstić information content (AvgIpc) is 3.13. The van der Waals surface area contributed by atoms with E-state index >= 15 is 0 Å². The van der Waals surface area contributed by atoms with Gasteiger partial charge in [-0.05, 0) is 31.4 Å². The van der Waals surface area contributed by atoms with E-state index in [1.165, 1.54) is 16.4 Å². The molecule has 1 fully saturated rings. The molecule has 100 valence electrons. The molecular formula is C12H17FN2O2S. The predicted octanol–water partition coefficient (Wildman–Crippen LogP) is 1.97. The lowest BCUT2D eigenvalue weighted by Crippen LogP contribution is -2.34. The maximum Gasteiger partial charge on any atom is 0.245 e. The van der Waals surface area contributed by atoms with Gasteiger partial charge in [-0.1, -0.05) is 13.0 Å². The van der Waals surface area contributed by atoms with Gasteiger partial charge in [0.25, 0.3) is 0 Å². The van der Waals surface area contributed by atoms with Crippen LogP contribution >= 0.6 is 0 Å². The molecule has 6 heteroatoms. The summed E-state index contributed by atoms with van der Waals surface area (Å²) in [6.45, 7) is 2.36. The zero-order valence-corrected chi connectivity index (χ0v) is 11.1. The van der Waals surface area contributed by atoms with E-state index < -0.39 is 15.8 Å². The zero-order valence-electron chi connectivity index (χ0n) is 10.3. The van der Waals surface area contributed by atoms with Crippen LogP contribution in [0.15, 0.2) is 23.1 Å². The van der Waals surface area contributed by atoms with Crippen LogP contribution in [-0.2, 0) is 10.0 Å². The van der Waals surface area contributed by atoms with E-state index in [1.54, 1.807) is 0 Å². The second-order valence-corrected chi connectivity index (χ2v) is 6.36. The average molecular weight is 272 g/mol. The maximum absolute atomic E-state index is 13.4. The van der Waals surface area contributed by atoms with E-state index in [4.69, 9.17) is 5.73 Å². The van der Waals surface area contributed by atoms with Gasteiger partial charge in [-0.25, -0.2) is 12.8 Å². The number of rotatable bonds is 5. The van der Waals surface area contributed by atoms with Crippen molar-refractivity contribution in [2.75, 3.05) is 12.3 Å². The van der Waals surface area contributed by atoms with E-state index in [0.29, 0.717) is 6.54 Å². The smallest absolute Gasteiger partial charge is 0.245 e. The molecule has 0 unspecified atom stereocenters. The summed E-state index contributed by atoms with van der Waals surface area (Å²) in [5, 5.41) is 0. The van der Waals surface area contributed by atoms with Gasteiger partial charge in [-0.2, -0.15) is 4.31 Å². The highest BCUT2D eigenvalue weighted by molar-refractivity contribution is 7.89. The Morgan fingerprint density at radius 2 is 2.11 bits per heavy atom. The molecule has 2 rings (SSSR count). The molecular weight excluding hydrogens is 255 g/mol. The van der Waals surface area contributed by atoms with E-state index in [0.717, 1.165) is 25.3 Å². The second kappa shape index (κ2) is 4.85. The van der Waals surface area contributed by atoms with E-state index in [2.05, 4.69) is 0 Å². The lowest BCUT2D eigenvalue weighted by molar-refractivity contribution is 0.403. The highest BCUT2D eigenvalue weighted by Gasteiger charge is 2.38. The molecule has 0 spiro atoms. The van der Waals surface area contributed by atoms with Crippen LogP contribution < -0.4 is 5.73 Å². The highest BCUT2D eigenvalue weighted by atomic mass is 32.2. The topological polar surface area (TPSA) is 63.4 Å². The summed E-state index contributed by atoms with van der Waals surface area (Å²) in [6.07, 6.45) is 2.47. The zero-order chi connectivity index (χ0) is 13.3. The minimum atomic E-state index is -3.68. The summed E-state index contributed by atoms with van der Waals surface area (Å²) in [5.41, 5.74) is 5.25. The third kappa shape index (κ3) is 2.35. The number of hydrogen-bond acceptors (Lipinski definition) is 3. The molecule has 18 heavy (non-hydrogen) atoms. The Bertz CT molecular complexity index is 541. The quantitative estimate of drug-likeness (QED) is 0.833. The minimum Gasteiger partial charge on any atom is -0.395 e. The normalized spacial score (nSPS) is 16.2. The molecule has 0 heterocycles. The summed E-state index contributed by atoms with van der Waals surface area (Å²) >= 11 is 0. The largest absolute Gasteiger partial charge is 0.395 e. The van der Waals surface area contributed by atoms with Crippen molar-refractivity contribution in [3.05, 3.63) is 24.0 Å². The van der Waals surface area contributed by atoms with Crippen LogP contribution in [-0.4, -0.2) is 25.3 Å². The van der Waals surface area contributed by atoms with Crippen molar-refractivity contribution in [1.29, 1.82) is 0 Å². The Morgan fingerprint density at radius 1 is 1.44 bits per heavy atom. The summed E-state index contributed by atoms with van der Waals surface area (Å²) in [6, 6.07) is 3.95. The lowest BCUT2D eigenvalue weighted by atomic mass is 10.3. The lowest BCUT2D eigenvalue weighted by Gasteiger charge is -2.22. The fraction of sp³-hybridized carbons (Fsp3) is 0.500. The first-order valence-electron chi connectivity index (χ1n) is 6.04. The number of benzene rings is 1. The van der Waals surface area contributed by atoms with Crippen LogP contribution in [0.2, 0.25) is 0 Å². The second-order valence-electron chi connectivity index (χ2n) is 4.50. The molecule has 0 amide bonds. The number of nitrogens with zero attached hydrogens (tertiary/aromatic N) is 1. The van der Waals surface area contributed by atoms with Crippen molar-refractivity contribution in [3.63, 3.8) is 0 Å². The Morgan fingerprint density at radius 3 is 2.67 bits per heavy atom. The Kier molecular flexibility index (Phi) is 3.59. The van der Waals surface area contributed by atoms with Crippen molar-refractivity contribution in [2.24, 2.45) is 0 Å². The number of nitrogens with two attached hydrogens (primary N) is 1. The van der Waals surface area contributed by atoms with Gasteiger partial charge in [0, 0.05) is 12.6 Å². The summed E-state index contributed by atoms with van der Waals surface area (Å²) in [7, 11) is -3.68. The van der Waals surface area contributed by atoms with Crippen LogP contribution in [0, 0.1) is 5.82 Å². The van der Waals surface area contributed by atoms with Gasteiger partial charge < -0.3 is 5.73 Å². The van der Waals surface area contributed by atoms with Crippen molar-refractivity contribution in [3.8, 4) is 0 Å². The fourth-order valence-corrected chi connectivity index (χ4v) is 3.86. The molecule has 0 aromatic heterocycles. The van der Waals surface area contributed by atoms with Gasteiger partial charge in [0.2, 0.25) is 10.0 Å². The molecule has 1 aliphatic rings. The summed E-state index contributed by atoms with van der Waals surface area (Å²) in [5.74, 6) is -0.691. The fourth-order valence-electron chi connectivity index (χ4n) is 1.95. The number of sulfonamides is 1. The molecule has 4 nitrogen and oxygen atoms in total. The summed E-state index contributed by atoms with van der Waals surface area (Å²) in [4.78, 5) is -0.122. The first-order chi connectivity index (χ1) is 8.48. The number of nitrogen functional groups attached to an aromatic ring is 1. The molecule has 1 aromatic rings. The third-order valence-electron chi connectivity index (χ3n) is 3.00. The van der Waals surface area contributed by atoms with Gasteiger partial charge >= 0.3 is 0 Å². The van der Waals surface area contributed by atoms with E-state index in [-0.39, 0.29) is 16.6 Å². The first-order valence-corrected chi connectivity index (χ1v) is 7.48. The third-order valence-corrected chi connectivity index (χ3v) is 5.01. The van der Waals surface area contributed by atoms with E-state index in [9.17, 15) is 12.8 Å². The molecule has 0 bridgehead atoms. The summed E-state index contributed by atoms with van der Waals surface area (Å²) < 4.78 is 39.7. The molecule has 1 saturated carbocycles. The molecule has 1 aromatic carbocycles. The number of hydrogen-bond donors (Lipinski definition) is 1. The van der Waals surface area contributed by atoms with Crippen LogP contribution in [0.25, 0.3) is 0 Å². The van der Waals surface area contributed by atoms with Gasteiger partial charge in [-0.3, -0.25) is 0 Å². The molecule has 0 radical (unpaired) electrons. The van der Waals surface area contributed by atoms with Crippen LogP contribution in [0.5, 0.6) is 0 Å². The number of anilines is 1. The number of para-hydroxylation sites is 1. The number of halogens is 1. The van der Waals surface area contributed by atoms with Crippen LogP contribution in [0.1, 0.15) is 26.2 Å². The monoisotopic (exact) mass is 272 g/mol. The van der Waals surface area contributed by atoms with Crippen molar-refractivity contribution >= 4 is 15.7 Å². The van der Waals surface area contributed by atoms with Crippen molar-refractivity contribution in [1.82, 2.24) is 4.31 Å². The molecule has 0 aliphatic heterocycles. The Hall–Kier alpha value is -1.14. The Labute approximate surface area is 107 Å². The SMILES string of the molecule is CCCN(C1CC1)S(=O)(=O)c1cccc(F)c1N. The van der Waals surface area contributed by atoms with Gasteiger partial charge in [0.15, 0.2) is 0 Å². The van der Waals surface area contributed by atoms with E-state index in [1.807, 2.05) is 6.92 Å². The predicted molar refractivity (Wildman–Crippen MR) is 68.0 cm³/mol. The van der Waals surface area contributed by atoms with Crippen molar-refractivity contribution < 1.29 is 12.8 Å². The van der Waals surface area contributed by atoms with Gasteiger partial charge in [-0.15, -0.1) is 0 Å². The molecule has 0 saturated heterocycles. The molecule has 1 aliphatic carbocycles. The standard InChI is InChI=1S/C12H17FN2O2S/c1-2-8-15(9-6-7-9)18(16,17)11-5-3-4-10(13)12(11)14/h3-5,9H,2,6-8,14H2,1H3. The Balaban J connectivity index is 2.43. The molecule has 2 N–H and O–H groups in total. The van der Waals surface area contributed by atoms with Crippen molar-refractivity contribution in [2.45, 2.75) is 37.1 Å². The maximum atomic E-state index is 13.4. The van der Waals surface area contributed by atoms with Crippen LogP contribution in [0.4, 0.5) is 10.1 Å². The van der Waals surface area contributed by atoms with Gasteiger partial charge in [0.05, 0.1) is 5.69 Å². The molecule has 0 atom stereocenters. The highest BCUT2D eigenvalue weighted by Crippen LogP contribution is 2.34. The van der Waals surface area contributed by atoms with Gasteiger partial charge in [0.1, 0.15) is 10.7 Å².